The first-order valence-corrected chi connectivity index (χ1v) is 8.64. The third-order valence-corrected chi connectivity index (χ3v) is 3.95. The summed E-state index contributed by atoms with van der Waals surface area (Å²) in [6.45, 7) is 11.8. The minimum absolute atomic E-state index is 0.765. The Morgan fingerprint density at radius 2 is 1.20 bits per heavy atom. The van der Waals surface area contributed by atoms with E-state index in [2.05, 4.69) is 37.4 Å². The summed E-state index contributed by atoms with van der Waals surface area (Å²) >= 11 is 0. The van der Waals surface area contributed by atoms with Crippen molar-refractivity contribution in [3.63, 3.8) is 0 Å². The van der Waals surface area contributed by atoms with E-state index in [9.17, 15) is 0 Å². The summed E-state index contributed by atoms with van der Waals surface area (Å²) in [7, 11) is 0. The molecule has 2 aromatic carbocycles. The van der Waals surface area contributed by atoms with Crippen molar-refractivity contribution >= 4 is 12.2 Å². The lowest BCUT2D eigenvalue weighted by Crippen LogP contribution is -1.98. The predicted molar refractivity (Wildman–Crippen MR) is 110 cm³/mol. The van der Waals surface area contributed by atoms with Gasteiger partial charge in [0.1, 0.15) is 11.5 Å². The van der Waals surface area contributed by atoms with E-state index in [1.807, 2.05) is 62.4 Å². The molecule has 0 fully saturated rings. The highest BCUT2D eigenvalue weighted by atomic mass is 16.5. The largest absolute Gasteiger partial charge is 0.457 e. The van der Waals surface area contributed by atoms with E-state index in [0.29, 0.717) is 0 Å². The molecule has 0 aliphatic carbocycles. The van der Waals surface area contributed by atoms with Crippen molar-refractivity contribution < 1.29 is 4.74 Å². The molecule has 0 unspecified atom stereocenters. The van der Waals surface area contributed by atoms with Crippen LogP contribution < -0.4 is 4.74 Å². The smallest absolute Gasteiger partial charge is 0.131 e. The van der Waals surface area contributed by atoms with E-state index >= 15 is 0 Å². The average molecular weight is 330 g/mol. The van der Waals surface area contributed by atoms with Gasteiger partial charge in [-0.25, -0.2) is 0 Å². The van der Waals surface area contributed by atoms with Gasteiger partial charge in [0.2, 0.25) is 0 Å². The Morgan fingerprint density at radius 1 is 0.760 bits per heavy atom. The van der Waals surface area contributed by atoms with Crippen LogP contribution in [0.25, 0.3) is 12.2 Å². The van der Waals surface area contributed by atoms with Gasteiger partial charge < -0.3 is 4.74 Å². The van der Waals surface area contributed by atoms with Gasteiger partial charge in [-0.2, -0.15) is 0 Å². The van der Waals surface area contributed by atoms with Gasteiger partial charge in [0.05, 0.1) is 0 Å². The van der Waals surface area contributed by atoms with E-state index in [4.69, 9.17) is 4.74 Å². The maximum atomic E-state index is 6.36. The van der Waals surface area contributed by atoms with Gasteiger partial charge in [-0.1, -0.05) is 60.7 Å². The molecule has 128 valence electrons. The molecule has 2 aromatic rings. The van der Waals surface area contributed by atoms with Crippen molar-refractivity contribution in [3.05, 3.63) is 96.1 Å². The molecule has 0 aliphatic rings. The molecule has 0 spiro atoms. The molecule has 0 bridgehead atoms. The second-order valence-corrected chi connectivity index (χ2v) is 5.74. The summed E-state index contributed by atoms with van der Waals surface area (Å²) in [5.74, 6) is 1.75. The molecule has 2 rings (SSSR count). The molecule has 0 heterocycles. The lowest BCUT2D eigenvalue weighted by Gasteiger charge is -2.16. The molecule has 1 heteroatoms. The van der Waals surface area contributed by atoms with Crippen LogP contribution in [0.5, 0.6) is 11.5 Å². The van der Waals surface area contributed by atoms with E-state index in [0.717, 1.165) is 46.6 Å². The van der Waals surface area contributed by atoms with E-state index in [1.165, 1.54) is 0 Å². The standard InChI is InChI=1S/C24H26O/c1-5-11-19-15-9-17-23(21(19)13-7-3)25-24-18-10-16-20(12-6-2)22(24)14-8-4/h5-12,15-18H,3-4,13-14H2,1-2H3/b11-5-,12-6-. The molecule has 0 N–H and O–H groups in total. The molecular formula is C24H26O. The predicted octanol–water partition coefficient (Wildman–Crippen LogP) is 7.00. The SMILES string of the molecule is C=CCc1c(/C=C\C)cccc1Oc1cccc(/C=C\C)c1CC=C. The Balaban J connectivity index is 2.52. The number of hydrogen-bond donors (Lipinski definition) is 0. The van der Waals surface area contributed by atoms with Crippen LogP contribution in [0.3, 0.4) is 0 Å². The molecule has 0 aliphatic heterocycles. The van der Waals surface area contributed by atoms with Crippen molar-refractivity contribution in [2.24, 2.45) is 0 Å². The Kier molecular flexibility index (Phi) is 7.03. The van der Waals surface area contributed by atoms with Crippen molar-refractivity contribution in [2.75, 3.05) is 0 Å². The highest BCUT2D eigenvalue weighted by molar-refractivity contribution is 5.61. The van der Waals surface area contributed by atoms with Crippen molar-refractivity contribution in [3.8, 4) is 11.5 Å². The summed E-state index contributed by atoms with van der Waals surface area (Å²) in [4.78, 5) is 0. The van der Waals surface area contributed by atoms with Gasteiger partial charge in [-0.05, 0) is 49.9 Å². The normalized spacial score (nSPS) is 11.1. The van der Waals surface area contributed by atoms with Crippen LogP contribution in [-0.2, 0) is 12.8 Å². The maximum Gasteiger partial charge on any atom is 0.131 e. The van der Waals surface area contributed by atoms with Crippen LogP contribution in [0.1, 0.15) is 36.1 Å². The second-order valence-electron chi connectivity index (χ2n) is 5.74. The fraction of sp³-hybridized carbons (Fsp3) is 0.167. The molecule has 1 nitrogen and oxygen atoms in total. The fourth-order valence-electron chi connectivity index (χ4n) is 2.87. The second kappa shape index (κ2) is 9.48. The van der Waals surface area contributed by atoms with E-state index in [1.54, 1.807) is 0 Å². The van der Waals surface area contributed by atoms with Crippen LogP contribution in [-0.4, -0.2) is 0 Å². The summed E-state index contributed by atoms with van der Waals surface area (Å²) in [6, 6.07) is 12.3. The molecule has 0 saturated heterocycles. The molecule has 0 aromatic heterocycles. The van der Waals surface area contributed by atoms with Crippen LogP contribution in [0.4, 0.5) is 0 Å². The molecule has 0 saturated carbocycles. The quantitative estimate of drug-likeness (QED) is 0.473. The number of rotatable bonds is 8. The van der Waals surface area contributed by atoms with Gasteiger partial charge in [0.15, 0.2) is 0 Å². The first-order chi connectivity index (χ1) is 12.2. The highest BCUT2D eigenvalue weighted by Gasteiger charge is 2.11. The van der Waals surface area contributed by atoms with E-state index < -0.39 is 0 Å². The van der Waals surface area contributed by atoms with Gasteiger partial charge in [0.25, 0.3) is 0 Å². The molecule has 0 radical (unpaired) electrons. The van der Waals surface area contributed by atoms with Gasteiger partial charge in [-0.15, -0.1) is 13.2 Å². The summed E-state index contributed by atoms with van der Waals surface area (Å²) in [5.41, 5.74) is 4.62. The molecule has 0 atom stereocenters. The number of allylic oxidation sites excluding steroid dienone is 4. The third-order valence-electron chi connectivity index (χ3n) is 3.95. The molecule has 0 amide bonds. The molecule has 25 heavy (non-hydrogen) atoms. The van der Waals surface area contributed by atoms with Crippen LogP contribution in [0.15, 0.2) is 73.9 Å². The van der Waals surface area contributed by atoms with Crippen molar-refractivity contribution in [2.45, 2.75) is 26.7 Å². The Morgan fingerprint density at radius 3 is 1.56 bits per heavy atom. The zero-order valence-corrected chi connectivity index (χ0v) is 15.2. The van der Waals surface area contributed by atoms with Crippen molar-refractivity contribution in [1.82, 2.24) is 0 Å². The Bertz CT molecular complexity index is 726. The fourth-order valence-corrected chi connectivity index (χ4v) is 2.87. The average Bonchev–Trinajstić information content (AvgIpc) is 2.61. The van der Waals surface area contributed by atoms with Crippen LogP contribution in [0.2, 0.25) is 0 Å². The summed E-state index contributed by atoms with van der Waals surface area (Å²) in [6.07, 6.45) is 13.6. The van der Waals surface area contributed by atoms with Gasteiger partial charge >= 0.3 is 0 Å². The number of benzene rings is 2. The molecular weight excluding hydrogens is 304 g/mol. The van der Waals surface area contributed by atoms with Crippen LogP contribution in [0, 0.1) is 0 Å². The Hall–Kier alpha value is -2.80. The monoisotopic (exact) mass is 330 g/mol. The van der Waals surface area contributed by atoms with Gasteiger partial charge in [-0.3, -0.25) is 0 Å². The Labute approximate surface area is 151 Å². The van der Waals surface area contributed by atoms with E-state index in [-0.39, 0.29) is 0 Å². The van der Waals surface area contributed by atoms with Gasteiger partial charge in [0, 0.05) is 11.1 Å². The first-order valence-electron chi connectivity index (χ1n) is 8.64. The van der Waals surface area contributed by atoms with Crippen LogP contribution >= 0.6 is 0 Å². The lowest BCUT2D eigenvalue weighted by atomic mass is 10.0. The number of hydrogen-bond acceptors (Lipinski definition) is 1. The zero-order chi connectivity index (χ0) is 18.1. The third kappa shape index (κ3) is 4.60. The lowest BCUT2D eigenvalue weighted by molar-refractivity contribution is 0.472. The minimum atomic E-state index is 0.765. The maximum absolute atomic E-state index is 6.36. The zero-order valence-electron chi connectivity index (χ0n) is 15.2. The summed E-state index contributed by atoms with van der Waals surface area (Å²) < 4.78 is 6.36. The first kappa shape index (κ1) is 18.5. The highest BCUT2D eigenvalue weighted by Crippen LogP contribution is 2.33. The minimum Gasteiger partial charge on any atom is -0.457 e. The summed E-state index contributed by atoms with van der Waals surface area (Å²) in [5, 5.41) is 0. The number of ether oxygens (including phenoxy) is 1. The van der Waals surface area contributed by atoms with Crippen molar-refractivity contribution in [1.29, 1.82) is 0 Å². The topological polar surface area (TPSA) is 9.23 Å².